The van der Waals surface area contributed by atoms with Crippen LogP contribution in [0.2, 0.25) is 5.02 Å². The molecule has 0 radical (unpaired) electrons. The maximum absolute atomic E-state index is 13.8. The molecule has 7 nitrogen and oxygen atoms in total. The van der Waals surface area contributed by atoms with E-state index in [2.05, 4.69) is 10.6 Å². The summed E-state index contributed by atoms with van der Waals surface area (Å²) in [4.78, 5) is 42.6. The minimum absolute atomic E-state index is 0.00735. The molecular weight excluding hydrogens is 498 g/mol. The summed E-state index contributed by atoms with van der Waals surface area (Å²) in [5, 5.41) is 15.9. The van der Waals surface area contributed by atoms with Crippen LogP contribution in [0.4, 0.5) is 5.69 Å². The van der Waals surface area contributed by atoms with E-state index in [-0.39, 0.29) is 36.1 Å². The quantitative estimate of drug-likeness (QED) is 0.489. The summed E-state index contributed by atoms with van der Waals surface area (Å²) >= 11 is 8.00. The number of hydrogen-bond acceptors (Lipinski definition) is 5. The Labute approximate surface area is 220 Å². The predicted molar refractivity (Wildman–Crippen MR) is 141 cm³/mol. The number of hydrogen-bond donors (Lipinski definition) is 3. The van der Waals surface area contributed by atoms with Gasteiger partial charge in [-0.3, -0.25) is 14.4 Å². The molecule has 2 bridgehead atoms. The molecule has 3 aliphatic heterocycles. The molecule has 2 aromatic carbocycles. The maximum atomic E-state index is 13.8. The first-order chi connectivity index (χ1) is 17.4. The Morgan fingerprint density at radius 1 is 1.17 bits per heavy atom. The van der Waals surface area contributed by atoms with Gasteiger partial charge in [-0.1, -0.05) is 54.1 Å². The molecule has 190 valence electrons. The highest BCUT2D eigenvalue weighted by molar-refractivity contribution is 8.02. The van der Waals surface area contributed by atoms with E-state index in [0.717, 1.165) is 17.5 Å². The zero-order chi connectivity index (χ0) is 25.4. The molecular formula is C27H30ClN3O4S. The first-order valence-corrected chi connectivity index (χ1v) is 13.6. The lowest BCUT2D eigenvalue weighted by molar-refractivity contribution is -0.139. The number of aryl methyl sites for hydroxylation is 1. The van der Waals surface area contributed by atoms with Crippen molar-refractivity contribution in [2.24, 2.45) is 11.8 Å². The average molecular weight is 528 g/mol. The summed E-state index contributed by atoms with van der Waals surface area (Å²) in [6.07, 6.45) is 1.83. The van der Waals surface area contributed by atoms with Crippen molar-refractivity contribution < 1.29 is 19.5 Å². The number of fused-ring (bicyclic) bond motifs is 1. The number of carbonyl (C=O) groups is 3. The molecule has 2 unspecified atom stereocenters. The first kappa shape index (κ1) is 25.1. The number of rotatable bonds is 8. The molecule has 9 heteroatoms. The second-order valence-electron chi connectivity index (χ2n) is 9.79. The SMILES string of the molecule is Cc1cccc(Cl)c1NC(=O)C1N(CCCO)C(=O)[C@@H]2[C@@H](C(=O)NCc3ccccc3)[C@H]3CCC12S3. The van der Waals surface area contributed by atoms with E-state index in [9.17, 15) is 19.5 Å². The van der Waals surface area contributed by atoms with Gasteiger partial charge < -0.3 is 20.6 Å². The number of aliphatic hydroxyl groups excluding tert-OH is 1. The Hall–Kier alpha value is -2.55. The fourth-order valence-electron chi connectivity index (χ4n) is 6.12. The molecule has 3 heterocycles. The van der Waals surface area contributed by atoms with Crippen LogP contribution in [0.15, 0.2) is 48.5 Å². The van der Waals surface area contributed by atoms with Gasteiger partial charge in [0.15, 0.2) is 0 Å². The molecule has 0 saturated carbocycles. The average Bonchev–Trinajstić information content (AvgIpc) is 3.51. The van der Waals surface area contributed by atoms with Crippen molar-refractivity contribution in [1.29, 1.82) is 0 Å². The molecule has 3 amide bonds. The van der Waals surface area contributed by atoms with Gasteiger partial charge in [0.05, 0.1) is 27.3 Å². The van der Waals surface area contributed by atoms with Crippen molar-refractivity contribution in [2.45, 2.75) is 48.8 Å². The van der Waals surface area contributed by atoms with Crippen molar-refractivity contribution in [3.63, 3.8) is 0 Å². The Kier molecular flexibility index (Phi) is 7.03. The van der Waals surface area contributed by atoms with E-state index in [1.807, 2.05) is 49.4 Å². The summed E-state index contributed by atoms with van der Waals surface area (Å²) in [5.74, 6) is -1.66. The van der Waals surface area contributed by atoms with Crippen LogP contribution >= 0.6 is 23.4 Å². The molecule has 3 saturated heterocycles. The molecule has 5 atom stereocenters. The number of nitrogens with one attached hydrogen (secondary N) is 2. The van der Waals surface area contributed by atoms with Gasteiger partial charge in [-0.2, -0.15) is 0 Å². The van der Waals surface area contributed by atoms with Crippen LogP contribution in [0.5, 0.6) is 0 Å². The van der Waals surface area contributed by atoms with Gasteiger partial charge in [-0.15, -0.1) is 11.8 Å². The highest BCUT2D eigenvalue weighted by atomic mass is 35.5. The largest absolute Gasteiger partial charge is 0.396 e. The first-order valence-electron chi connectivity index (χ1n) is 12.3. The highest BCUT2D eigenvalue weighted by Gasteiger charge is 2.73. The van der Waals surface area contributed by atoms with Crippen molar-refractivity contribution in [3.8, 4) is 0 Å². The van der Waals surface area contributed by atoms with Crippen LogP contribution in [-0.4, -0.2) is 56.9 Å². The number of thioether (sulfide) groups is 1. The lowest BCUT2D eigenvalue weighted by Gasteiger charge is -2.34. The Morgan fingerprint density at radius 3 is 2.67 bits per heavy atom. The zero-order valence-corrected chi connectivity index (χ0v) is 21.6. The van der Waals surface area contributed by atoms with E-state index in [0.29, 0.717) is 30.1 Å². The third kappa shape index (κ3) is 4.19. The number of carbonyl (C=O) groups excluding carboxylic acids is 3. The van der Waals surface area contributed by atoms with Crippen LogP contribution in [-0.2, 0) is 20.9 Å². The zero-order valence-electron chi connectivity index (χ0n) is 20.1. The molecule has 2 aromatic rings. The number of halogens is 1. The smallest absolute Gasteiger partial charge is 0.248 e. The minimum Gasteiger partial charge on any atom is -0.396 e. The fourth-order valence-corrected chi connectivity index (χ4v) is 8.61. The standard InChI is InChI=1S/C27H30ClN3O4S/c1-16-7-5-10-18(28)22(16)30-25(34)23-27-12-11-19(36-27)20(21(27)26(35)31(23)13-6-14-32)24(33)29-15-17-8-3-2-4-9-17/h2-5,7-10,19-21,23,32H,6,11-15H2,1H3,(H,29,33)(H,30,34)/t19-,20+,21+,23?,27?/m1/s1. The van der Waals surface area contributed by atoms with E-state index >= 15 is 0 Å². The number of nitrogens with zero attached hydrogens (tertiary/aromatic N) is 1. The Morgan fingerprint density at radius 2 is 1.94 bits per heavy atom. The van der Waals surface area contributed by atoms with Crippen molar-refractivity contribution >= 4 is 46.8 Å². The van der Waals surface area contributed by atoms with Gasteiger partial charge >= 0.3 is 0 Å². The van der Waals surface area contributed by atoms with Crippen LogP contribution in [0.25, 0.3) is 0 Å². The summed E-state index contributed by atoms with van der Waals surface area (Å²) in [7, 11) is 0. The lowest BCUT2D eigenvalue weighted by atomic mass is 9.70. The minimum atomic E-state index is -0.737. The molecule has 3 fully saturated rings. The van der Waals surface area contributed by atoms with Crippen LogP contribution in [0, 0.1) is 18.8 Å². The van der Waals surface area contributed by atoms with E-state index in [1.54, 1.807) is 22.7 Å². The molecule has 0 aliphatic carbocycles. The van der Waals surface area contributed by atoms with Crippen LogP contribution in [0.1, 0.15) is 30.4 Å². The summed E-state index contributed by atoms with van der Waals surface area (Å²) in [6, 6.07) is 14.3. The third-order valence-electron chi connectivity index (χ3n) is 7.69. The molecule has 0 aromatic heterocycles. The van der Waals surface area contributed by atoms with Crippen molar-refractivity contribution in [1.82, 2.24) is 10.2 Å². The number of aliphatic hydroxyl groups is 1. The second-order valence-corrected chi connectivity index (χ2v) is 11.8. The maximum Gasteiger partial charge on any atom is 0.248 e. The Balaban J connectivity index is 1.43. The topological polar surface area (TPSA) is 98.7 Å². The fraction of sp³-hybridized carbons (Fsp3) is 0.444. The van der Waals surface area contributed by atoms with E-state index < -0.39 is 22.6 Å². The normalized spacial score (nSPS) is 28.3. The van der Waals surface area contributed by atoms with Gasteiger partial charge in [0.25, 0.3) is 0 Å². The third-order valence-corrected chi connectivity index (χ3v) is 9.95. The summed E-state index contributed by atoms with van der Waals surface area (Å²) in [6.45, 7) is 2.44. The molecule has 5 rings (SSSR count). The summed E-state index contributed by atoms with van der Waals surface area (Å²) in [5.41, 5.74) is 2.36. The predicted octanol–water partition coefficient (Wildman–Crippen LogP) is 3.38. The molecule has 3 aliphatic rings. The highest BCUT2D eigenvalue weighted by Crippen LogP contribution is 2.66. The van der Waals surface area contributed by atoms with Gasteiger partial charge in [-0.05, 0) is 43.4 Å². The second kappa shape index (κ2) is 10.1. The Bertz CT molecular complexity index is 1160. The summed E-state index contributed by atoms with van der Waals surface area (Å²) < 4.78 is -0.675. The lowest BCUT2D eigenvalue weighted by Crippen LogP contribution is -2.52. The van der Waals surface area contributed by atoms with Crippen LogP contribution in [0.3, 0.4) is 0 Å². The van der Waals surface area contributed by atoms with Crippen LogP contribution < -0.4 is 10.6 Å². The van der Waals surface area contributed by atoms with E-state index in [1.165, 1.54) is 0 Å². The number of benzene rings is 2. The van der Waals surface area contributed by atoms with Crippen molar-refractivity contribution in [2.75, 3.05) is 18.5 Å². The monoisotopic (exact) mass is 527 g/mol. The van der Waals surface area contributed by atoms with Crippen molar-refractivity contribution in [3.05, 3.63) is 64.7 Å². The number of para-hydroxylation sites is 1. The number of likely N-dealkylation sites (tertiary alicyclic amines) is 1. The number of anilines is 1. The van der Waals surface area contributed by atoms with Gasteiger partial charge in [0.1, 0.15) is 6.04 Å². The van der Waals surface area contributed by atoms with E-state index in [4.69, 9.17) is 11.6 Å². The van der Waals surface area contributed by atoms with Gasteiger partial charge in [-0.25, -0.2) is 0 Å². The molecule has 36 heavy (non-hydrogen) atoms. The molecule has 1 spiro atoms. The van der Waals surface area contributed by atoms with Gasteiger partial charge in [0, 0.05) is 24.9 Å². The van der Waals surface area contributed by atoms with Gasteiger partial charge in [0.2, 0.25) is 17.7 Å². The molecule has 3 N–H and O–H groups in total. The number of amides is 3.